The number of hydrogen-bond acceptors (Lipinski definition) is 4. The average molecular weight is 676 g/mol. The van der Waals surface area contributed by atoms with Crippen molar-refractivity contribution in [2.75, 3.05) is 27.6 Å². The maximum atomic E-state index is 6.02. The number of methoxy groups -OCH3 is 2. The fraction of sp³-hybridized carbons (Fsp3) is 0.333. The van der Waals surface area contributed by atoms with E-state index in [2.05, 4.69) is 86.6 Å². The highest BCUT2D eigenvalue weighted by Crippen LogP contribution is 2.49. The maximum Gasteiger partial charge on any atom is 0.231 e. The molecule has 7 rings (SSSR count). The van der Waals surface area contributed by atoms with Crippen LogP contribution in [0, 0.1) is 13.8 Å². The number of rotatable bonds is 6. The second kappa shape index (κ2) is 11.8. The van der Waals surface area contributed by atoms with Gasteiger partial charge in [-0.3, -0.25) is 0 Å². The number of fused-ring (bicyclic) bond motifs is 5. The summed E-state index contributed by atoms with van der Waals surface area (Å²) in [7, 11) is 3.49. The standard InChI is InChI=1S/C36H37NO4.HI/c1-22-5-9-24(10-6-22)28(25-11-7-23(2)8-12-25)18-30-27-13-14-32(38-3)36(39-4)31(27)20-37-16-15-26-17-33-34(41-21-40-33)19-29(26)35(30)37;/h5-14,17,19,28,30,35H,15-16,18,20-21H2,1-4H3;1H. The van der Waals surface area contributed by atoms with Gasteiger partial charge in [-0.1, -0.05) is 65.7 Å². The van der Waals surface area contributed by atoms with Crippen LogP contribution in [-0.2, 0) is 13.0 Å². The van der Waals surface area contributed by atoms with E-state index in [1.165, 1.54) is 44.5 Å². The van der Waals surface area contributed by atoms with E-state index in [0.29, 0.717) is 12.8 Å². The van der Waals surface area contributed by atoms with Crippen LogP contribution in [0.2, 0.25) is 0 Å². The van der Waals surface area contributed by atoms with Crippen molar-refractivity contribution in [3.05, 3.63) is 117 Å². The Morgan fingerprint density at radius 2 is 1.45 bits per heavy atom. The Balaban J connectivity index is 0.00000316. The van der Waals surface area contributed by atoms with Gasteiger partial charge in [0.1, 0.15) is 12.6 Å². The molecule has 0 saturated heterocycles. The minimum atomic E-state index is 0. The Labute approximate surface area is 265 Å². The molecule has 4 aromatic rings. The van der Waals surface area contributed by atoms with Crippen molar-refractivity contribution in [2.45, 2.75) is 51.1 Å². The first-order valence-electron chi connectivity index (χ1n) is 14.7. The molecule has 0 bridgehead atoms. The molecule has 0 aliphatic carbocycles. The lowest BCUT2D eigenvalue weighted by atomic mass is 9.70. The predicted octanol–water partition coefficient (Wildman–Crippen LogP) is 3.06. The monoisotopic (exact) mass is 675 g/mol. The Kier molecular flexibility index (Phi) is 8.11. The zero-order valence-corrected chi connectivity index (χ0v) is 26.9. The third kappa shape index (κ3) is 5.02. The summed E-state index contributed by atoms with van der Waals surface area (Å²) in [5.74, 6) is 3.94. The van der Waals surface area contributed by atoms with Gasteiger partial charge in [0.05, 0.1) is 26.3 Å². The van der Waals surface area contributed by atoms with Gasteiger partial charge in [0, 0.05) is 23.8 Å². The van der Waals surface area contributed by atoms with Crippen LogP contribution in [-0.4, -0.2) is 27.6 Å². The normalized spacial score (nSPS) is 19.8. The first-order valence-corrected chi connectivity index (χ1v) is 14.7. The Morgan fingerprint density at radius 1 is 0.810 bits per heavy atom. The van der Waals surface area contributed by atoms with Crippen molar-refractivity contribution in [2.24, 2.45) is 0 Å². The topological polar surface area (TPSA) is 41.4 Å². The summed E-state index contributed by atoms with van der Waals surface area (Å²) in [4.78, 5) is 1.58. The van der Waals surface area contributed by atoms with Crippen molar-refractivity contribution in [1.29, 1.82) is 0 Å². The molecule has 3 aliphatic heterocycles. The first-order chi connectivity index (χ1) is 20.0. The Morgan fingerprint density at radius 3 is 2.07 bits per heavy atom. The van der Waals surface area contributed by atoms with E-state index in [1.54, 1.807) is 19.1 Å². The third-order valence-electron chi connectivity index (χ3n) is 9.46. The molecule has 3 atom stereocenters. The molecule has 218 valence electrons. The van der Waals surface area contributed by atoms with Gasteiger partial charge in [-0.15, -0.1) is 0 Å². The molecular formula is C36H38INO4. The van der Waals surface area contributed by atoms with E-state index in [9.17, 15) is 0 Å². The quantitative estimate of drug-likeness (QED) is 0.320. The van der Waals surface area contributed by atoms with Crippen LogP contribution in [0.25, 0.3) is 0 Å². The number of halogens is 1. The summed E-state index contributed by atoms with van der Waals surface area (Å²) in [5.41, 5.74) is 10.7. The summed E-state index contributed by atoms with van der Waals surface area (Å²) < 4.78 is 23.4. The van der Waals surface area contributed by atoms with E-state index >= 15 is 0 Å². The smallest absolute Gasteiger partial charge is 0.231 e. The third-order valence-corrected chi connectivity index (χ3v) is 9.46. The molecule has 0 spiro atoms. The van der Waals surface area contributed by atoms with Crippen LogP contribution in [0.4, 0.5) is 0 Å². The lowest BCUT2D eigenvalue weighted by Crippen LogP contribution is -3.13. The molecule has 6 heteroatoms. The molecule has 0 radical (unpaired) electrons. The summed E-state index contributed by atoms with van der Waals surface area (Å²) >= 11 is 0. The highest BCUT2D eigenvalue weighted by atomic mass is 127. The molecule has 0 saturated carbocycles. The fourth-order valence-electron chi connectivity index (χ4n) is 7.40. The van der Waals surface area contributed by atoms with Gasteiger partial charge in [-0.2, -0.15) is 0 Å². The van der Waals surface area contributed by atoms with Crippen molar-refractivity contribution in [1.82, 2.24) is 0 Å². The number of ether oxygens (including phenoxy) is 4. The van der Waals surface area contributed by atoms with Gasteiger partial charge in [0.2, 0.25) is 6.79 Å². The molecule has 0 amide bonds. The highest BCUT2D eigenvalue weighted by Gasteiger charge is 2.46. The molecule has 3 unspecified atom stereocenters. The van der Waals surface area contributed by atoms with Crippen molar-refractivity contribution < 1.29 is 47.8 Å². The Hall–Kier alpha value is -3.23. The second-order valence-electron chi connectivity index (χ2n) is 11.8. The highest BCUT2D eigenvalue weighted by molar-refractivity contribution is 5.55. The van der Waals surface area contributed by atoms with Gasteiger partial charge in [-0.05, 0) is 60.7 Å². The van der Waals surface area contributed by atoms with Crippen LogP contribution < -0.4 is 47.8 Å². The van der Waals surface area contributed by atoms with E-state index < -0.39 is 0 Å². The minimum absolute atomic E-state index is 0. The molecule has 42 heavy (non-hydrogen) atoms. The van der Waals surface area contributed by atoms with Crippen LogP contribution in [0.5, 0.6) is 23.0 Å². The number of benzene rings is 4. The molecule has 0 aromatic heterocycles. The number of aryl methyl sites for hydroxylation is 2. The minimum Gasteiger partial charge on any atom is -1.00 e. The summed E-state index contributed by atoms with van der Waals surface area (Å²) in [6.07, 6.45) is 2.00. The SMILES string of the molecule is COc1ccc2c(c1OC)C[NH+]1CCc3cc4c(cc3C1C2CC(c1ccc(C)cc1)c1ccc(C)cc1)OCO4.[I-]. The maximum absolute atomic E-state index is 6.02. The van der Waals surface area contributed by atoms with Gasteiger partial charge < -0.3 is 47.8 Å². The summed E-state index contributed by atoms with van der Waals surface area (Å²) in [5, 5.41) is 0. The van der Waals surface area contributed by atoms with Gasteiger partial charge in [0.15, 0.2) is 23.0 Å². The lowest BCUT2D eigenvalue weighted by molar-refractivity contribution is -0.951. The fourth-order valence-corrected chi connectivity index (χ4v) is 7.40. The molecule has 0 fully saturated rings. The van der Waals surface area contributed by atoms with Crippen LogP contribution in [0.3, 0.4) is 0 Å². The van der Waals surface area contributed by atoms with Crippen molar-refractivity contribution in [3.8, 4) is 23.0 Å². The lowest BCUT2D eigenvalue weighted by Gasteiger charge is -2.44. The summed E-state index contributed by atoms with van der Waals surface area (Å²) in [6, 6.07) is 27.4. The predicted molar refractivity (Wildman–Crippen MR) is 160 cm³/mol. The van der Waals surface area contributed by atoms with E-state index in [4.69, 9.17) is 18.9 Å². The molecule has 3 aliphatic rings. The van der Waals surface area contributed by atoms with Gasteiger partial charge in [0.25, 0.3) is 0 Å². The van der Waals surface area contributed by atoms with Crippen LogP contribution in [0.1, 0.15) is 68.8 Å². The average Bonchev–Trinajstić information content (AvgIpc) is 3.46. The van der Waals surface area contributed by atoms with Gasteiger partial charge in [-0.25, -0.2) is 0 Å². The molecule has 5 nitrogen and oxygen atoms in total. The molecule has 4 aromatic carbocycles. The van der Waals surface area contributed by atoms with Crippen LogP contribution in [0.15, 0.2) is 72.8 Å². The van der Waals surface area contributed by atoms with E-state index in [-0.39, 0.29) is 35.8 Å². The van der Waals surface area contributed by atoms with Crippen LogP contribution >= 0.6 is 0 Å². The molecule has 1 N–H and O–H groups in total. The zero-order valence-electron chi connectivity index (χ0n) is 24.7. The van der Waals surface area contributed by atoms with Crippen molar-refractivity contribution in [3.63, 3.8) is 0 Å². The molecule has 3 heterocycles. The second-order valence-corrected chi connectivity index (χ2v) is 11.8. The summed E-state index contributed by atoms with van der Waals surface area (Å²) in [6.45, 7) is 6.59. The first kappa shape index (κ1) is 28.9. The number of hydrogen-bond donors (Lipinski definition) is 1. The zero-order chi connectivity index (χ0) is 28.1. The number of nitrogens with one attached hydrogen (secondary N) is 1. The Bertz CT molecular complexity index is 1540. The largest absolute Gasteiger partial charge is 1.00 e. The van der Waals surface area contributed by atoms with Gasteiger partial charge >= 0.3 is 0 Å². The number of quaternary nitrogens is 1. The van der Waals surface area contributed by atoms with Crippen molar-refractivity contribution >= 4 is 0 Å². The van der Waals surface area contributed by atoms with E-state index in [1.807, 2.05) is 0 Å². The molecular weight excluding hydrogens is 637 g/mol. The van der Waals surface area contributed by atoms with E-state index in [0.717, 1.165) is 48.9 Å².